The molecule has 0 saturated carbocycles. The van der Waals surface area contributed by atoms with Crippen LogP contribution in [0.3, 0.4) is 0 Å². The molecule has 1 aromatic heterocycles. The van der Waals surface area contributed by atoms with Crippen molar-refractivity contribution in [1.82, 2.24) is 10.3 Å². The molecule has 0 aromatic carbocycles. The van der Waals surface area contributed by atoms with Crippen LogP contribution in [-0.2, 0) is 0 Å². The number of halogens is 1. The highest BCUT2D eigenvalue weighted by Crippen LogP contribution is 2.11. The van der Waals surface area contributed by atoms with Crippen molar-refractivity contribution in [2.45, 2.75) is 26.2 Å². The van der Waals surface area contributed by atoms with Crippen molar-refractivity contribution >= 4 is 17.5 Å². The fourth-order valence-electron chi connectivity index (χ4n) is 1.82. The van der Waals surface area contributed by atoms with Gasteiger partial charge in [-0.25, -0.2) is 0 Å². The monoisotopic (exact) mass is 270 g/mol. The molecule has 4 nitrogen and oxygen atoms in total. The Labute approximate surface area is 112 Å². The second kappa shape index (κ2) is 7.93. The number of aromatic nitrogens is 1. The van der Waals surface area contributed by atoms with Crippen molar-refractivity contribution in [3.8, 4) is 0 Å². The van der Waals surface area contributed by atoms with Crippen LogP contribution >= 0.6 is 11.6 Å². The van der Waals surface area contributed by atoms with Crippen LogP contribution in [0.1, 0.15) is 36.7 Å². The van der Waals surface area contributed by atoms with Crippen molar-refractivity contribution in [2.75, 3.05) is 12.4 Å². The van der Waals surface area contributed by atoms with Gasteiger partial charge in [0.25, 0.3) is 5.91 Å². The molecule has 0 aliphatic carbocycles. The van der Waals surface area contributed by atoms with Gasteiger partial charge < -0.3 is 10.3 Å². The number of carbonyl (C=O) groups excluding carboxylic acids is 1. The Balaban J connectivity index is 2.51. The summed E-state index contributed by atoms with van der Waals surface area (Å²) in [4.78, 5) is 25.4. The molecule has 1 unspecified atom stereocenters. The average molecular weight is 271 g/mol. The van der Waals surface area contributed by atoms with E-state index in [0.717, 1.165) is 19.3 Å². The second-order valence-electron chi connectivity index (χ2n) is 4.27. The summed E-state index contributed by atoms with van der Waals surface area (Å²) in [6.45, 7) is 2.70. The highest BCUT2D eigenvalue weighted by Gasteiger charge is 2.11. The molecule has 0 aliphatic heterocycles. The molecule has 0 bridgehead atoms. The van der Waals surface area contributed by atoms with E-state index in [9.17, 15) is 9.59 Å². The lowest BCUT2D eigenvalue weighted by Gasteiger charge is -2.15. The Hall–Kier alpha value is -1.29. The fraction of sp³-hybridized carbons (Fsp3) is 0.538. The van der Waals surface area contributed by atoms with Crippen LogP contribution in [0.2, 0.25) is 0 Å². The van der Waals surface area contributed by atoms with Crippen LogP contribution in [0.5, 0.6) is 0 Å². The molecule has 0 spiro atoms. The first kappa shape index (κ1) is 14.8. The lowest BCUT2D eigenvalue weighted by Crippen LogP contribution is -2.31. The maximum atomic E-state index is 11.8. The fourth-order valence-corrected chi connectivity index (χ4v) is 2.13. The van der Waals surface area contributed by atoms with Gasteiger partial charge >= 0.3 is 0 Å². The van der Waals surface area contributed by atoms with E-state index in [1.165, 1.54) is 6.07 Å². The lowest BCUT2D eigenvalue weighted by atomic mass is 10.0. The van der Waals surface area contributed by atoms with E-state index in [4.69, 9.17) is 11.6 Å². The number of rotatable bonds is 7. The highest BCUT2D eigenvalue weighted by atomic mass is 35.5. The summed E-state index contributed by atoms with van der Waals surface area (Å²) in [5, 5.41) is 2.83. The van der Waals surface area contributed by atoms with E-state index in [-0.39, 0.29) is 11.5 Å². The number of aromatic amines is 1. The van der Waals surface area contributed by atoms with Gasteiger partial charge in [0.15, 0.2) is 0 Å². The van der Waals surface area contributed by atoms with Crippen molar-refractivity contribution in [3.63, 3.8) is 0 Å². The van der Waals surface area contributed by atoms with Crippen molar-refractivity contribution < 1.29 is 4.79 Å². The van der Waals surface area contributed by atoms with E-state index in [0.29, 0.717) is 24.0 Å². The summed E-state index contributed by atoms with van der Waals surface area (Å²) in [6.07, 6.45) is 3.00. The molecule has 1 heterocycles. The van der Waals surface area contributed by atoms with Gasteiger partial charge in [0.2, 0.25) is 5.56 Å². The summed E-state index contributed by atoms with van der Waals surface area (Å²) < 4.78 is 0. The van der Waals surface area contributed by atoms with Crippen LogP contribution in [0.25, 0.3) is 0 Å². The van der Waals surface area contributed by atoms with Gasteiger partial charge in [-0.05, 0) is 24.8 Å². The molecule has 0 saturated heterocycles. The van der Waals surface area contributed by atoms with E-state index in [1.807, 2.05) is 0 Å². The number of alkyl halides is 1. The molecule has 1 amide bonds. The van der Waals surface area contributed by atoms with Crippen molar-refractivity contribution in [2.24, 2.45) is 5.92 Å². The molecule has 100 valence electrons. The number of hydrogen-bond acceptors (Lipinski definition) is 2. The summed E-state index contributed by atoms with van der Waals surface area (Å²) in [6, 6.07) is 4.54. The molecular formula is C13H19ClN2O2. The molecular weight excluding hydrogens is 252 g/mol. The van der Waals surface area contributed by atoms with E-state index in [1.54, 1.807) is 12.1 Å². The van der Waals surface area contributed by atoms with Crippen molar-refractivity contribution in [3.05, 3.63) is 34.2 Å². The number of carbonyl (C=O) groups is 1. The number of nitrogens with one attached hydrogen (secondary N) is 2. The van der Waals surface area contributed by atoms with Gasteiger partial charge in [0.1, 0.15) is 5.69 Å². The third-order valence-electron chi connectivity index (χ3n) is 2.78. The van der Waals surface area contributed by atoms with E-state index in [2.05, 4.69) is 17.2 Å². The van der Waals surface area contributed by atoms with Gasteiger partial charge in [-0.1, -0.05) is 19.4 Å². The third-order valence-corrected chi connectivity index (χ3v) is 3.00. The Morgan fingerprint density at radius 3 is 2.83 bits per heavy atom. The number of hydrogen-bond donors (Lipinski definition) is 2. The Morgan fingerprint density at radius 1 is 1.44 bits per heavy atom. The molecule has 18 heavy (non-hydrogen) atoms. The van der Waals surface area contributed by atoms with Gasteiger partial charge in [0.05, 0.1) is 0 Å². The Bertz CT molecular complexity index is 425. The summed E-state index contributed by atoms with van der Waals surface area (Å²) in [5.74, 6) is 0.748. The molecule has 2 N–H and O–H groups in total. The maximum absolute atomic E-state index is 11.8. The zero-order chi connectivity index (χ0) is 13.4. The summed E-state index contributed by atoms with van der Waals surface area (Å²) >= 11 is 5.72. The Morgan fingerprint density at radius 2 is 2.22 bits per heavy atom. The summed E-state index contributed by atoms with van der Waals surface area (Å²) in [5.41, 5.74) is 0.0251. The van der Waals surface area contributed by atoms with Crippen LogP contribution in [0.15, 0.2) is 23.0 Å². The molecule has 1 rings (SSSR count). The van der Waals surface area contributed by atoms with Crippen molar-refractivity contribution in [1.29, 1.82) is 0 Å². The predicted molar refractivity (Wildman–Crippen MR) is 73.1 cm³/mol. The first-order valence-electron chi connectivity index (χ1n) is 6.20. The normalized spacial score (nSPS) is 12.1. The highest BCUT2D eigenvalue weighted by molar-refractivity contribution is 6.17. The Kier molecular flexibility index (Phi) is 6.50. The summed E-state index contributed by atoms with van der Waals surface area (Å²) in [7, 11) is 0. The largest absolute Gasteiger partial charge is 0.350 e. The first-order chi connectivity index (χ1) is 8.67. The van der Waals surface area contributed by atoms with Crippen LogP contribution in [0, 0.1) is 5.92 Å². The molecule has 0 fully saturated rings. The van der Waals surface area contributed by atoms with Crippen LogP contribution < -0.4 is 10.9 Å². The molecule has 1 aromatic rings. The minimum absolute atomic E-state index is 0.247. The molecule has 0 aliphatic rings. The molecule has 1 atom stereocenters. The molecule has 5 heteroatoms. The SMILES string of the molecule is CCCC(CCCl)CNC(=O)c1cccc(=O)[nH]1. The van der Waals surface area contributed by atoms with Crippen LogP contribution in [0.4, 0.5) is 0 Å². The van der Waals surface area contributed by atoms with E-state index >= 15 is 0 Å². The zero-order valence-electron chi connectivity index (χ0n) is 10.5. The van der Waals surface area contributed by atoms with Gasteiger partial charge in [-0.2, -0.15) is 0 Å². The maximum Gasteiger partial charge on any atom is 0.267 e. The lowest BCUT2D eigenvalue weighted by molar-refractivity contribution is 0.0940. The standard InChI is InChI=1S/C13H19ClN2O2/c1-2-4-10(7-8-14)9-15-13(18)11-5-3-6-12(17)16-11/h3,5-6,10H,2,4,7-9H2,1H3,(H,15,18)(H,16,17). The average Bonchev–Trinajstić information content (AvgIpc) is 2.36. The predicted octanol–water partition coefficient (Wildman–Crippen LogP) is 2.15. The number of amides is 1. The topological polar surface area (TPSA) is 62.0 Å². The zero-order valence-corrected chi connectivity index (χ0v) is 11.3. The third kappa shape index (κ3) is 4.92. The minimum atomic E-state index is -0.270. The van der Waals surface area contributed by atoms with E-state index < -0.39 is 0 Å². The number of H-pyrrole nitrogens is 1. The first-order valence-corrected chi connectivity index (χ1v) is 6.74. The van der Waals surface area contributed by atoms with Crippen LogP contribution in [-0.4, -0.2) is 23.3 Å². The number of pyridine rings is 1. The quantitative estimate of drug-likeness (QED) is 0.746. The smallest absolute Gasteiger partial charge is 0.267 e. The molecule has 0 radical (unpaired) electrons. The van der Waals surface area contributed by atoms with Gasteiger partial charge in [0, 0.05) is 18.5 Å². The second-order valence-corrected chi connectivity index (χ2v) is 4.65. The minimum Gasteiger partial charge on any atom is -0.350 e. The van der Waals surface area contributed by atoms with Gasteiger partial charge in [-0.3, -0.25) is 9.59 Å². The van der Waals surface area contributed by atoms with Gasteiger partial charge in [-0.15, -0.1) is 11.6 Å².